The number of piperidine rings is 2. The van der Waals surface area contributed by atoms with Crippen molar-refractivity contribution in [3.63, 3.8) is 0 Å². The fourth-order valence-electron chi connectivity index (χ4n) is 8.45. The predicted molar refractivity (Wildman–Crippen MR) is 165 cm³/mol. The van der Waals surface area contributed by atoms with Gasteiger partial charge in [-0.25, -0.2) is 13.8 Å². The third-order valence-electron chi connectivity index (χ3n) is 10.6. The Hall–Kier alpha value is -3.58. The Kier molecular flexibility index (Phi) is 7.54. The Labute approximate surface area is 252 Å². The zero-order valence-electron chi connectivity index (χ0n) is 24.9. The summed E-state index contributed by atoms with van der Waals surface area (Å²) in [5, 5.41) is 0. The Morgan fingerprint density at radius 3 is 2.23 bits per heavy atom. The number of carbonyl (C=O) groups is 1. The first-order chi connectivity index (χ1) is 20.9. The van der Waals surface area contributed by atoms with Gasteiger partial charge < -0.3 is 9.47 Å². The molecule has 7 rings (SSSR count). The first kappa shape index (κ1) is 28.2. The minimum Gasteiger partial charge on any atom is -0.342 e. The fourth-order valence-corrected chi connectivity index (χ4v) is 8.45. The molecule has 3 atom stereocenters. The number of aromatic nitrogens is 2. The number of hydrogen-bond donors (Lipinski definition) is 0. The fraction of sp³-hybridized carbons (Fsp3) is 0.444. The summed E-state index contributed by atoms with van der Waals surface area (Å²) in [6.07, 6.45) is 7.73. The lowest BCUT2D eigenvalue weighted by atomic mass is 9.70. The maximum absolute atomic E-state index is 13.7. The smallest absolute Gasteiger partial charge is 0.226 e. The predicted octanol–water partition coefficient (Wildman–Crippen LogP) is 6.98. The number of amides is 1. The van der Waals surface area contributed by atoms with Crippen molar-refractivity contribution >= 4 is 16.9 Å². The van der Waals surface area contributed by atoms with E-state index in [1.54, 1.807) is 0 Å². The molecule has 7 heteroatoms. The summed E-state index contributed by atoms with van der Waals surface area (Å²) in [7, 11) is 0. The maximum Gasteiger partial charge on any atom is 0.226 e. The van der Waals surface area contributed by atoms with E-state index in [2.05, 4.69) is 71.0 Å². The molecule has 2 bridgehead atoms. The lowest BCUT2D eigenvalue weighted by molar-refractivity contribution is -0.132. The van der Waals surface area contributed by atoms with Gasteiger partial charge in [0.25, 0.3) is 0 Å². The number of hydrogen-bond acceptors (Lipinski definition) is 3. The van der Waals surface area contributed by atoms with E-state index < -0.39 is 11.6 Å². The second-order valence-corrected chi connectivity index (χ2v) is 13.0. The molecule has 4 heterocycles. The molecule has 5 nitrogen and oxygen atoms in total. The van der Waals surface area contributed by atoms with Crippen molar-refractivity contribution in [3.05, 3.63) is 101 Å². The third-order valence-corrected chi connectivity index (χ3v) is 10.6. The minimum absolute atomic E-state index is 0.0103. The second kappa shape index (κ2) is 11.5. The van der Waals surface area contributed by atoms with Crippen molar-refractivity contribution < 1.29 is 13.6 Å². The van der Waals surface area contributed by atoms with Crippen LogP contribution >= 0.6 is 0 Å². The van der Waals surface area contributed by atoms with Gasteiger partial charge >= 0.3 is 0 Å². The average Bonchev–Trinajstić information content (AvgIpc) is 3.46. The van der Waals surface area contributed by atoms with Crippen LogP contribution in [0.25, 0.3) is 11.0 Å². The minimum atomic E-state index is -0.643. The van der Waals surface area contributed by atoms with E-state index in [0.29, 0.717) is 36.8 Å². The highest BCUT2D eigenvalue weighted by Gasteiger charge is 2.44. The zero-order chi connectivity index (χ0) is 29.6. The van der Waals surface area contributed by atoms with Crippen LogP contribution in [0.3, 0.4) is 0 Å². The largest absolute Gasteiger partial charge is 0.342 e. The summed E-state index contributed by atoms with van der Waals surface area (Å²) in [5.41, 5.74) is 4.10. The van der Waals surface area contributed by atoms with Crippen LogP contribution in [-0.4, -0.2) is 57.0 Å². The molecule has 1 aromatic heterocycles. The van der Waals surface area contributed by atoms with Gasteiger partial charge in [-0.1, -0.05) is 42.5 Å². The first-order valence-electron chi connectivity index (χ1n) is 15.9. The quantitative estimate of drug-likeness (QED) is 0.236. The lowest BCUT2D eigenvalue weighted by Crippen LogP contribution is -2.49. The number of aryl methyl sites for hydroxylation is 1. The van der Waals surface area contributed by atoms with Gasteiger partial charge in [0.1, 0.15) is 17.5 Å². The van der Waals surface area contributed by atoms with E-state index in [4.69, 9.17) is 4.98 Å². The standard InChI is InChI=1S/C36H40F2N4O/c1-25-39-33-9-5-6-10-34(33)42(25)32-23-30-11-12-31(24-32)41(30)18-15-36(27-7-3-2-4-8-27)13-16-40(17-14-36)35(43)21-26-19-28(37)22-29(38)20-26/h2-10,19-20,22,30-32H,11-18,21,23-24H2,1H3/t30-,31+,32+. The molecule has 1 amide bonds. The maximum atomic E-state index is 13.7. The summed E-state index contributed by atoms with van der Waals surface area (Å²) in [4.78, 5) is 22.7. The van der Waals surface area contributed by atoms with Crippen molar-refractivity contribution in [2.24, 2.45) is 0 Å². The number of likely N-dealkylation sites (tertiary alicyclic amines) is 1. The number of imidazole rings is 1. The Morgan fingerprint density at radius 2 is 1.53 bits per heavy atom. The van der Waals surface area contributed by atoms with Crippen molar-refractivity contribution in [2.75, 3.05) is 19.6 Å². The Balaban J connectivity index is 1.04. The summed E-state index contributed by atoms with van der Waals surface area (Å²) in [6, 6.07) is 24.4. The van der Waals surface area contributed by atoms with Crippen LogP contribution < -0.4 is 0 Å². The van der Waals surface area contributed by atoms with Gasteiger partial charge in [0.05, 0.1) is 17.5 Å². The molecule has 0 aliphatic carbocycles. The Bertz CT molecular complexity index is 1580. The van der Waals surface area contributed by atoms with E-state index in [1.807, 2.05) is 4.90 Å². The molecular weight excluding hydrogens is 542 g/mol. The molecule has 0 N–H and O–H groups in total. The molecular formula is C36H40F2N4O. The van der Waals surface area contributed by atoms with Crippen LogP contribution in [0.4, 0.5) is 8.78 Å². The highest BCUT2D eigenvalue weighted by atomic mass is 19.1. The first-order valence-corrected chi connectivity index (χ1v) is 15.9. The second-order valence-electron chi connectivity index (χ2n) is 13.0. The van der Waals surface area contributed by atoms with Crippen molar-refractivity contribution in [2.45, 2.75) is 81.8 Å². The van der Waals surface area contributed by atoms with Crippen LogP contribution in [0, 0.1) is 18.6 Å². The molecule has 224 valence electrons. The SMILES string of the molecule is Cc1nc2ccccc2n1[C@H]1C[C@H]2CC[C@@H](C1)N2CCC1(c2ccccc2)CCN(C(=O)Cc2cc(F)cc(F)c2)CC1. The molecule has 4 aromatic rings. The topological polar surface area (TPSA) is 41.4 Å². The van der Waals surface area contributed by atoms with E-state index in [0.717, 1.165) is 43.2 Å². The van der Waals surface area contributed by atoms with Crippen LogP contribution in [-0.2, 0) is 16.6 Å². The third kappa shape index (κ3) is 5.48. The molecule has 0 radical (unpaired) electrons. The number of benzene rings is 3. The van der Waals surface area contributed by atoms with Gasteiger partial charge in [0, 0.05) is 37.3 Å². The average molecular weight is 583 g/mol. The molecule has 3 aliphatic rings. The van der Waals surface area contributed by atoms with Crippen molar-refractivity contribution in [3.8, 4) is 0 Å². The van der Waals surface area contributed by atoms with E-state index in [1.165, 1.54) is 48.9 Å². The molecule has 0 unspecified atom stereocenters. The molecule has 43 heavy (non-hydrogen) atoms. The summed E-state index contributed by atoms with van der Waals surface area (Å²) in [5.74, 6) is -0.230. The number of halogens is 2. The zero-order valence-corrected chi connectivity index (χ0v) is 24.9. The summed E-state index contributed by atoms with van der Waals surface area (Å²) >= 11 is 0. The molecule has 0 spiro atoms. The summed E-state index contributed by atoms with van der Waals surface area (Å²) in [6.45, 7) is 4.53. The van der Waals surface area contributed by atoms with Crippen LogP contribution in [0.1, 0.15) is 67.9 Å². The highest BCUT2D eigenvalue weighted by Crippen LogP contribution is 2.45. The number of nitrogens with zero attached hydrogens (tertiary/aromatic N) is 4. The van der Waals surface area contributed by atoms with Gasteiger partial charge in [-0.2, -0.15) is 0 Å². The normalized spacial score (nSPS) is 23.6. The van der Waals surface area contributed by atoms with Gasteiger partial charge in [-0.3, -0.25) is 9.69 Å². The van der Waals surface area contributed by atoms with Gasteiger partial charge in [-0.15, -0.1) is 0 Å². The molecule has 3 saturated heterocycles. The van der Waals surface area contributed by atoms with Crippen molar-refractivity contribution in [1.82, 2.24) is 19.4 Å². The Morgan fingerprint density at radius 1 is 0.884 bits per heavy atom. The number of para-hydroxylation sites is 2. The molecule has 3 aliphatic heterocycles. The number of rotatable bonds is 7. The summed E-state index contributed by atoms with van der Waals surface area (Å²) < 4.78 is 29.9. The van der Waals surface area contributed by atoms with Crippen LogP contribution in [0.2, 0.25) is 0 Å². The van der Waals surface area contributed by atoms with Crippen LogP contribution in [0.5, 0.6) is 0 Å². The van der Waals surface area contributed by atoms with E-state index in [9.17, 15) is 13.6 Å². The van der Waals surface area contributed by atoms with E-state index >= 15 is 0 Å². The molecule has 3 fully saturated rings. The van der Waals surface area contributed by atoms with Crippen LogP contribution in [0.15, 0.2) is 72.8 Å². The van der Waals surface area contributed by atoms with E-state index in [-0.39, 0.29) is 17.7 Å². The monoisotopic (exact) mass is 582 g/mol. The number of carbonyl (C=O) groups excluding carboxylic acids is 1. The number of fused-ring (bicyclic) bond motifs is 3. The molecule has 0 saturated carbocycles. The van der Waals surface area contributed by atoms with Gasteiger partial charge in [0.15, 0.2) is 0 Å². The molecule has 3 aromatic carbocycles. The lowest BCUT2D eigenvalue weighted by Gasteiger charge is -2.45. The van der Waals surface area contributed by atoms with Gasteiger partial charge in [0.2, 0.25) is 5.91 Å². The van der Waals surface area contributed by atoms with Crippen molar-refractivity contribution in [1.29, 1.82) is 0 Å². The van der Waals surface area contributed by atoms with Gasteiger partial charge in [-0.05, 0) is 99.2 Å². The highest BCUT2D eigenvalue weighted by molar-refractivity contribution is 5.79.